The van der Waals surface area contributed by atoms with E-state index in [1.807, 2.05) is 24.9 Å². The molecule has 0 bridgehead atoms. The van der Waals surface area contributed by atoms with E-state index in [1.165, 1.54) is 16.4 Å². The number of ether oxygens (including phenoxy) is 1. The number of pyridine rings is 1. The van der Waals surface area contributed by atoms with Gasteiger partial charge in [-0.15, -0.1) is 0 Å². The van der Waals surface area contributed by atoms with E-state index in [-0.39, 0.29) is 22.8 Å². The number of likely N-dealkylation sites (N-methyl/N-ethyl adjacent to an activating group) is 1. The Bertz CT molecular complexity index is 1010. The van der Waals surface area contributed by atoms with Gasteiger partial charge in [0.15, 0.2) is 0 Å². The molecule has 3 rings (SSSR count). The van der Waals surface area contributed by atoms with Gasteiger partial charge in [0.25, 0.3) is 5.69 Å². The van der Waals surface area contributed by atoms with E-state index in [0.717, 1.165) is 11.6 Å². The Balaban J connectivity index is 1.83. The van der Waals surface area contributed by atoms with Crippen molar-refractivity contribution in [2.75, 3.05) is 45.2 Å². The summed E-state index contributed by atoms with van der Waals surface area (Å²) in [5.74, 6) is 0.449. The molecule has 1 saturated heterocycles. The number of rotatable bonds is 8. The van der Waals surface area contributed by atoms with E-state index in [2.05, 4.69) is 10.3 Å². The lowest BCUT2D eigenvalue weighted by Gasteiger charge is -2.31. The maximum Gasteiger partial charge on any atom is 0.293 e. The summed E-state index contributed by atoms with van der Waals surface area (Å²) in [4.78, 5) is 17.1. The van der Waals surface area contributed by atoms with E-state index in [4.69, 9.17) is 4.74 Å². The summed E-state index contributed by atoms with van der Waals surface area (Å²) in [7, 11) is -1.87. The molecule has 2 aromatic rings. The van der Waals surface area contributed by atoms with Crippen molar-refractivity contribution in [3.8, 4) is 5.88 Å². The molecule has 1 aliphatic rings. The number of benzene rings is 1. The molecule has 0 aliphatic carbocycles. The molecule has 1 fully saturated rings. The highest BCUT2D eigenvalue weighted by molar-refractivity contribution is 7.89. The van der Waals surface area contributed by atoms with Gasteiger partial charge >= 0.3 is 0 Å². The maximum atomic E-state index is 12.9. The Morgan fingerprint density at radius 1 is 1.23 bits per heavy atom. The van der Waals surface area contributed by atoms with E-state index in [9.17, 15) is 18.5 Å². The number of sulfonamides is 1. The predicted octanol–water partition coefficient (Wildman–Crippen LogP) is 1.94. The van der Waals surface area contributed by atoms with Gasteiger partial charge in [-0.05, 0) is 32.2 Å². The number of hydrogen-bond donors (Lipinski definition) is 1. The largest absolute Gasteiger partial charge is 0.478 e. The number of piperazine rings is 1. The highest BCUT2D eigenvalue weighted by Gasteiger charge is 2.29. The molecule has 1 aromatic carbocycles. The summed E-state index contributed by atoms with van der Waals surface area (Å²) in [6.07, 6.45) is 1.61. The first kappa shape index (κ1) is 21.9. The van der Waals surface area contributed by atoms with Crippen molar-refractivity contribution in [1.29, 1.82) is 0 Å². The third kappa shape index (κ3) is 4.86. The normalized spacial score (nSPS) is 15.7. The van der Waals surface area contributed by atoms with Crippen LogP contribution in [0.5, 0.6) is 5.88 Å². The molecule has 0 saturated carbocycles. The number of aromatic nitrogens is 1. The molecule has 2 heterocycles. The van der Waals surface area contributed by atoms with Crippen molar-refractivity contribution >= 4 is 21.4 Å². The highest BCUT2D eigenvalue weighted by atomic mass is 32.2. The van der Waals surface area contributed by atoms with Gasteiger partial charge in [-0.1, -0.05) is 6.07 Å². The zero-order valence-electron chi connectivity index (χ0n) is 16.9. The Kier molecular flexibility index (Phi) is 6.85. The first-order valence-electron chi connectivity index (χ1n) is 9.60. The fraction of sp³-hybridized carbons (Fsp3) is 0.421. The minimum absolute atomic E-state index is 0.0827. The third-order valence-electron chi connectivity index (χ3n) is 4.87. The first-order valence-corrected chi connectivity index (χ1v) is 11.0. The van der Waals surface area contributed by atoms with Gasteiger partial charge in [-0.3, -0.25) is 10.1 Å². The fourth-order valence-corrected chi connectivity index (χ4v) is 4.61. The molecule has 0 atom stereocenters. The van der Waals surface area contributed by atoms with Gasteiger partial charge in [0.05, 0.1) is 16.4 Å². The van der Waals surface area contributed by atoms with Crippen LogP contribution in [-0.2, 0) is 16.6 Å². The Morgan fingerprint density at radius 2 is 1.97 bits per heavy atom. The number of nitrogens with one attached hydrogen (secondary N) is 1. The van der Waals surface area contributed by atoms with Crippen LogP contribution in [-0.4, -0.2) is 67.4 Å². The van der Waals surface area contributed by atoms with Crippen LogP contribution in [0.25, 0.3) is 0 Å². The molecule has 30 heavy (non-hydrogen) atoms. The lowest BCUT2D eigenvalue weighted by molar-refractivity contribution is -0.384. The third-order valence-corrected chi connectivity index (χ3v) is 6.76. The summed E-state index contributed by atoms with van der Waals surface area (Å²) in [6, 6.07) is 7.50. The van der Waals surface area contributed by atoms with Crippen LogP contribution in [0.2, 0.25) is 0 Å². The molecule has 0 spiro atoms. The van der Waals surface area contributed by atoms with Crippen molar-refractivity contribution in [1.82, 2.24) is 14.2 Å². The van der Waals surface area contributed by atoms with Gasteiger partial charge in [-0.25, -0.2) is 13.4 Å². The van der Waals surface area contributed by atoms with Crippen LogP contribution in [0.1, 0.15) is 12.5 Å². The van der Waals surface area contributed by atoms with Gasteiger partial charge < -0.3 is 15.0 Å². The highest BCUT2D eigenvalue weighted by Crippen LogP contribution is 2.30. The topological polar surface area (TPSA) is 118 Å². The van der Waals surface area contributed by atoms with E-state index in [0.29, 0.717) is 38.7 Å². The SMILES string of the molecule is CCOc1ncccc1CNc1ccc(S(=O)(=O)N2CCN(C)CC2)cc1[N+](=O)[O-]. The van der Waals surface area contributed by atoms with E-state index < -0.39 is 14.9 Å². The van der Waals surface area contributed by atoms with Crippen molar-refractivity contribution in [3.63, 3.8) is 0 Å². The maximum absolute atomic E-state index is 12.9. The van der Waals surface area contributed by atoms with Crippen LogP contribution in [0, 0.1) is 10.1 Å². The van der Waals surface area contributed by atoms with Crippen molar-refractivity contribution in [3.05, 3.63) is 52.2 Å². The molecule has 0 radical (unpaired) electrons. The van der Waals surface area contributed by atoms with Gasteiger partial charge in [0.1, 0.15) is 5.69 Å². The summed E-state index contributed by atoms with van der Waals surface area (Å²) in [5.41, 5.74) is 0.665. The zero-order chi connectivity index (χ0) is 21.7. The first-order chi connectivity index (χ1) is 14.3. The number of nitro benzene ring substituents is 1. The van der Waals surface area contributed by atoms with E-state index in [1.54, 1.807) is 12.3 Å². The fourth-order valence-electron chi connectivity index (χ4n) is 3.17. The Hall–Kier alpha value is -2.76. The number of nitrogens with zero attached hydrogens (tertiary/aromatic N) is 4. The van der Waals surface area contributed by atoms with Crippen LogP contribution in [0.3, 0.4) is 0 Å². The molecule has 1 N–H and O–H groups in total. The van der Waals surface area contributed by atoms with Gasteiger partial charge in [0, 0.05) is 50.6 Å². The van der Waals surface area contributed by atoms with Crippen LogP contribution in [0.4, 0.5) is 11.4 Å². The van der Waals surface area contributed by atoms with Gasteiger partial charge in [0.2, 0.25) is 15.9 Å². The van der Waals surface area contributed by atoms with E-state index >= 15 is 0 Å². The average molecular weight is 436 g/mol. The lowest BCUT2D eigenvalue weighted by atomic mass is 10.2. The Labute approximate surface area is 175 Å². The number of hydrogen-bond acceptors (Lipinski definition) is 8. The number of nitro groups is 1. The monoisotopic (exact) mass is 435 g/mol. The molecular formula is C19H25N5O5S. The predicted molar refractivity (Wildman–Crippen MR) is 112 cm³/mol. The lowest BCUT2D eigenvalue weighted by Crippen LogP contribution is -2.47. The van der Waals surface area contributed by atoms with Crippen LogP contribution < -0.4 is 10.1 Å². The molecular weight excluding hydrogens is 410 g/mol. The quantitative estimate of drug-likeness (QED) is 0.494. The average Bonchev–Trinajstić information content (AvgIpc) is 2.73. The standard InChI is InChI=1S/C19H25N5O5S/c1-3-29-19-15(5-4-8-20-19)14-21-17-7-6-16(13-18(17)24(25)26)30(27,28)23-11-9-22(2)10-12-23/h4-8,13,21H,3,9-12,14H2,1-2H3. The smallest absolute Gasteiger partial charge is 0.293 e. The van der Waals surface area contributed by atoms with Crippen molar-refractivity contribution < 1.29 is 18.1 Å². The molecule has 0 amide bonds. The van der Waals surface area contributed by atoms with Crippen LogP contribution in [0.15, 0.2) is 41.4 Å². The summed E-state index contributed by atoms with van der Waals surface area (Å²) in [6.45, 7) is 4.48. The minimum atomic E-state index is -3.79. The second-order valence-electron chi connectivity index (χ2n) is 6.90. The summed E-state index contributed by atoms with van der Waals surface area (Å²) < 4.78 is 32.7. The summed E-state index contributed by atoms with van der Waals surface area (Å²) in [5, 5.41) is 14.6. The second kappa shape index (κ2) is 9.37. The van der Waals surface area contributed by atoms with Crippen LogP contribution >= 0.6 is 0 Å². The summed E-state index contributed by atoms with van der Waals surface area (Å²) >= 11 is 0. The second-order valence-corrected chi connectivity index (χ2v) is 8.84. The molecule has 11 heteroatoms. The molecule has 10 nitrogen and oxygen atoms in total. The number of anilines is 1. The van der Waals surface area contributed by atoms with Crippen molar-refractivity contribution in [2.45, 2.75) is 18.4 Å². The Morgan fingerprint density at radius 3 is 2.63 bits per heavy atom. The van der Waals surface area contributed by atoms with Gasteiger partial charge in [-0.2, -0.15) is 4.31 Å². The zero-order valence-corrected chi connectivity index (χ0v) is 17.8. The van der Waals surface area contributed by atoms with Crippen molar-refractivity contribution in [2.24, 2.45) is 0 Å². The molecule has 0 unspecified atom stereocenters. The molecule has 162 valence electrons. The molecule has 1 aromatic heterocycles. The molecule has 1 aliphatic heterocycles. The minimum Gasteiger partial charge on any atom is -0.478 e.